The number of ether oxygens (including phenoxy) is 2. The molecule has 1 heterocycles. The lowest BCUT2D eigenvalue weighted by Crippen LogP contribution is -2.43. The van der Waals surface area contributed by atoms with Crippen LogP contribution in [0, 0.1) is 11.3 Å². The molecule has 0 spiro atoms. The maximum atomic E-state index is 5.39. The maximum absolute atomic E-state index is 5.39. The molecule has 0 aromatic carbocycles. The minimum atomic E-state index is -0.0718. The predicted molar refractivity (Wildman–Crippen MR) is 70.8 cm³/mol. The van der Waals surface area contributed by atoms with Crippen molar-refractivity contribution in [3.63, 3.8) is 0 Å². The quantitative estimate of drug-likeness (QED) is 0.707. The van der Waals surface area contributed by atoms with Gasteiger partial charge in [-0.1, -0.05) is 34.6 Å². The average Bonchev–Trinajstić information content (AvgIpc) is 2.25. The zero-order valence-electron chi connectivity index (χ0n) is 11.9. The molecule has 17 heavy (non-hydrogen) atoms. The lowest BCUT2D eigenvalue weighted by Gasteiger charge is -2.33. The van der Waals surface area contributed by atoms with Gasteiger partial charge in [0.25, 0.3) is 0 Å². The van der Waals surface area contributed by atoms with E-state index < -0.39 is 0 Å². The van der Waals surface area contributed by atoms with Crippen molar-refractivity contribution in [2.24, 2.45) is 21.3 Å². The van der Waals surface area contributed by atoms with Crippen LogP contribution in [0.2, 0.25) is 0 Å². The molecule has 4 nitrogen and oxygen atoms in total. The number of methoxy groups -OCH3 is 2. The molecule has 0 aliphatic carbocycles. The number of nitrogens with zero attached hydrogens (tertiary/aromatic N) is 2. The Hall–Kier alpha value is -1.06. The van der Waals surface area contributed by atoms with Gasteiger partial charge < -0.3 is 9.47 Å². The van der Waals surface area contributed by atoms with Gasteiger partial charge in [-0.05, 0) is 11.3 Å². The molecule has 0 saturated carbocycles. The topological polar surface area (TPSA) is 43.2 Å². The van der Waals surface area contributed by atoms with Gasteiger partial charge in [-0.15, -0.1) is 0 Å². The summed E-state index contributed by atoms with van der Waals surface area (Å²) in [5.74, 6) is 1.76. The van der Waals surface area contributed by atoms with Gasteiger partial charge in [0.1, 0.15) is 12.1 Å². The summed E-state index contributed by atoms with van der Waals surface area (Å²) in [6.07, 6.45) is 0. The standard InChI is InChI=1S/C13H24N2O2/c1-8(2)9-11(16-6)15-10(13(3,4)5)12(14-9)17-7/h8-10H,1-7H3/t9-,10-/m0/s1. The Labute approximate surface area is 104 Å². The number of hydrogen-bond donors (Lipinski definition) is 0. The summed E-state index contributed by atoms with van der Waals surface area (Å²) in [5.41, 5.74) is -0.0272. The van der Waals surface area contributed by atoms with Crippen LogP contribution >= 0.6 is 0 Å². The summed E-state index contributed by atoms with van der Waals surface area (Å²) >= 11 is 0. The van der Waals surface area contributed by atoms with Crippen LogP contribution in [0.3, 0.4) is 0 Å². The van der Waals surface area contributed by atoms with Crippen molar-refractivity contribution in [1.29, 1.82) is 0 Å². The highest BCUT2D eigenvalue weighted by molar-refractivity contribution is 5.94. The Balaban J connectivity index is 3.11. The van der Waals surface area contributed by atoms with Crippen LogP contribution in [0.5, 0.6) is 0 Å². The molecule has 0 saturated heterocycles. The highest BCUT2D eigenvalue weighted by atomic mass is 16.5. The molecule has 0 bridgehead atoms. The molecule has 1 rings (SSSR count). The first kappa shape index (κ1) is 14.0. The van der Waals surface area contributed by atoms with Crippen LogP contribution in [-0.2, 0) is 9.47 Å². The van der Waals surface area contributed by atoms with Gasteiger partial charge in [0.2, 0.25) is 11.8 Å². The molecule has 0 fully saturated rings. The second-order valence-corrected chi connectivity index (χ2v) is 5.80. The second kappa shape index (κ2) is 5.07. The smallest absolute Gasteiger partial charge is 0.210 e. The molecule has 2 atom stereocenters. The van der Waals surface area contributed by atoms with E-state index in [-0.39, 0.29) is 17.5 Å². The highest BCUT2D eigenvalue weighted by Gasteiger charge is 2.37. The fourth-order valence-corrected chi connectivity index (χ4v) is 1.86. The van der Waals surface area contributed by atoms with Crippen molar-refractivity contribution >= 4 is 11.8 Å². The van der Waals surface area contributed by atoms with E-state index in [2.05, 4.69) is 44.6 Å². The van der Waals surface area contributed by atoms with Gasteiger partial charge in [-0.25, -0.2) is 9.98 Å². The SMILES string of the molecule is COC1=N[C@H](C(C)(C)C)C(OC)=N[C@H]1C(C)C. The maximum Gasteiger partial charge on any atom is 0.210 e. The monoisotopic (exact) mass is 240 g/mol. The van der Waals surface area contributed by atoms with E-state index in [0.29, 0.717) is 17.7 Å². The molecule has 1 aliphatic rings. The van der Waals surface area contributed by atoms with E-state index in [1.165, 1.54) is 0 Å². The van der Waals surface area contributed by atoms with Gasteiger partial charge >= 0.3 is 0 Å². The summed E-state index contributed by atoms with van der Waals surface area (Å²) in [6, 6.07) is -0.106. The van der Waals surface area contributed by atoms with E-state index in [0.717, 1.165) is 0 Å². The van der Waals surface area contributed by atoms with Gasteiger partial charge in [-0.3, -0.25) is 0 Å². The van der Waals surface area contributed by atoms with E-state index >= 15 is 0 Å². The molecule has 98 valence electrons. The van der Waals surface area contributed by atoms with Crippen LogP contribution in [-0.4, -0.2) is 38.1 Å². The number of rotatable bonds is 1. The van der Waals surface area contributed by atoms with Crippen LogP contribution in [0.15, 0.2) is 9.98 Å². The Morgan fingerprint density at radius 2 is 1.53 bits per heavy atom. The Kier molecular flexibility index (Phi) is 4.17. The Bertz CT molecular complexity index is 327. The summed E-state index contributed by atoms with van der Waals surface area (Å²) in [5, 5.41) is 0. The van der Waals surface area contributed by atoms with Gasteiger partial charge in [-0.2, -0.15) is 0 Å². The van der Waals surface area contributed by atoms with Crippen molar-refractivity contribution in [1.82, 2.24) is 0 Å². The van der Waals surface area contributed by atoms with Crippen LogP contribution in [0.1, 0.15) is 34.6 Å². The first-order valence-corrected chi connectivity index (χ1v) is 6.04. The van der Waals surface area contributed by atoms with Gasteiger partial charge in [0, 0.05) is 0 Å². The van der Waals surface area contributed by atoms with Crippen molar-refractivity contribution in [2.45, 2.75) is 46.7 Å². The fourth-order valence-electron chi connectivity index (χ4n) is 1.86. The van der Waals surface area contributed by atoms with E-state index in [4.69, 9.17) is 9.47 Å². The summed E-state index contributed by atoms with van der Waals surface area (Å²) < 4.78 is 10.8. The molecule has 1 aliphatic heterocycles. The second-order valence-electron chi connectivity index (χ2n) is 5.80. The predicted octanol–water partition coefficient (Wildman–Crippen LogP) is 2.53. The van der Waals surface area contributed by atoms with Gasteiger partial charge in [0.05, 0.1) is 14.2 Å². The van der Waals surface area contributed by atoms with Crippen molar-refractivity contribution < 1.29 is 9.47 Å². The third kappa shape index (κ3) is 2.99. The molecular formula is C13H24N2O2. The highest BCUT2D eigenvalue weighted by Crippen LogP contribution is 2.28. The van der Waals surface area contributed by atoms with Crippen LogP contribution in [0.25, 0.3) is 0 Å². The van der Waals surface area contributed by atoms with E-state index in [1.807, 2.05) is 0 Å². The summed E-state index contributed by atoms with van der Waals surface area (Å²) in [6.45, 7) is 10.6. The lowest BCUT2D eigenvalue weighted by atomic mass is 9.85. The molecule has 0 amide bonds. The molecule has 0 aromatic rings. The summed E-state index contributed by atoms with van der Waals surface area (Å²) in [4.78, 5) is 9.30. The zero-order valence-corrected chi connectivity index (χ0v) is 11.9. The third-order valence-corrected chi connectivity index (χ3v) is 2.88. The first-order valence-electron chi connectivity index (χ1n) is 6.04. The Morgan fingerprint density at radius 1 is 1.00 bits per heavy atom. The average molecular weight is 240 g/mol. The van der Waals surface area contributed by atoms with Crippen molar-refractivity contribution in [3.8, 4) is 0 Å². The largest absolute Gasteiger partial charge is 0.483 e. The van der Waals surface area contributed by atoms with Crippen LogP contribution < -0.4 is 0 Å². The molecule has 0 unspecified atom stereocenters. The van der Waals surface area contributed by atoms with Gasteiger partial charge in [0.15, 0.2) is 0 Å². The lowest BCUT2D eigenvalue weighted by molar-refractivity contribution is 0.283. The minimum Gasteiger partial charge on any atom is -0.483 e. The summed E-state index contributed by atoms with van der Waals surface area (Å²) in [7, 11) is 3.31. The molecule has 0 aromatic heterocycles. The first-order chi connectivity index (χ1) is 7.81. The molecular weight excluding hydrogens is 216 g/mol. The number of hydrogen-bond acceptors (Lipinski definition) is 4. The Morgan fingerprint density at radius 3 is 1.88 bits per heavy atom. The molecule has 0 radical (unpaired) electrons. The van der Waals surface area contributed by atoms with E-state index in [9.17, 15) is 0 Å². The number of aliphatic imine (C=N–C) groups is 2. The van der Waals surface area contributed by atoms with Crippen LogP contribution in [0.4, 0.5) is 0 Å². The fraction of sp³-hybridized carbons (Fsp3) is 0.846. The molecule has 4 heteroatoms. The molecule has 0 N–H and O–H groups in total. The third-order valence-electron chi connectivity index (χ3n) is 2.88. The van der Waals surface area contributed by atoms with E-state index in [1.54, 1.807) is 14.2 Å². The normalized spacial score (nSPS) is 25.4. The minimum absolute atomic E-state index is 0.0272. The zero-order chi connectivity index (χ0) is 13.2. The van der Waals surface area contributed by atoms with Crippen molar-refractivity contribution in [3.05, 3.63) is 0 Å². The van der Waals surface area contributed by atoms with Crippen molar-refractivity contribution in [2.75, 3.05) is 14.2 Å².